The van der Waals surface area contributed by atoms with Gasteiger partial charge in [-0.2, -0.15) is 0 Å². The van der Waals surface area contributed by atoms with Gasteiger partial charge in [-0.3, -0.25) is 4.79 Å². The minimum absolute atomic E-state index is 0.0319. The third-order valence-electron chi connectivity index (χ3n) is 6.49. The van der Waals surface area contributed by atoms with Crippen LogP contribution in [-0.2, 0) is 0 Å². The van der Waals surface area contributed by atoms with Gasteiger partial charge in [-0.05, 0) is 42.7 Å². The van der Waals surface area contributed by atoms with E-state index in [2.05, 4.69) is 10.3 Å². The summed E-state index contributed by atoms with van der Waals surface area (Å²) in [6.07, 6.45) is 9.25. The zero-order chi connectivity index (χ0) is 23.0. The summed E-state index contributed by atoms with van der Waals surface area (Å²) >= 11 is 0. The van der Waals surface area contributed by atoms with Gasteiger partial charge in [0.2, 0.25) is 0 Å². The van der Waals surface area contributed by atoms with Crippen molar-refractivity contribution in [3.05, 3.63) is 48.2 Å². The quantitative estimate of drug-likeness (QED) is 0.691. The van der Waals surface area contributed by atoms with Crippen LogP contribution in [0.3, 0.4) is 0 Å². The predicted octanol–water partition coefficient (Wildman–Crippen LogP) is 4.00. The van der Waals surface area contributed by atoms with Crippen LogP contribution in [0.2, 0.25) is 0 Å². The van der Waals surface area contributed by atoms with Gasteiger partial charge in [-0.25, -0.2) is 9.78 Å². The number of nitrogens with two attached hydrogens (primary N) is 1. The van der Waals surface area contributed by atoms with Gasteiger partial charge in [-0.1, -0.05) is 38.2 Å². The average Bonchev–Trinajstić information content (AvgIpc) is 2.86. The first-order chi connectivity index (χ1) is 16.1. The zero-order valence-corrected chi connectivity index (χ0v) is 19.0. The monoisotopic (exact) mass is 451 g/mol. The van der Waals surface area contributed by atoms with Gasteiger partial charge < -0.3 is 25.6 Å². The number of piperazine rings is 1. The number of hydrogen-bond donors (Lipinski definition) is 2. The number of benzene rings is 1. The number of anilines is 2. The normalized spacial score (nSPS) is 17.0. The molecule has 3 amide bonds. The van der Waals surface area contributed by atoms with Crippen molar-refractivity contribution in [3.8, 4) is 5.75 Å². The molecule has 3 N–H and O–H groups in total. The fraction of sp³-hybridized carbons (Fsp3) is 0.480. The highest BCUT2D eigenvalue weighted by atomic mass is 16.5. The number of nitrogens with one attached hydrogen (secondary N) is 1. The first-order valence-corrected chi connectivity index (χ1v) is 11.9. The second kappa shape index (κ2) is 11.0. The molecule has 33 heavy (non-hydrogen) atoms. The largest absolute Gasteiger partial charge is 0.494 e. The van der Waals surface area contributed by atoms with E-state index in [4.69, 9.17) is 10.5 Å². The van der Waals surface area contributed by atoms with Crippen molar-refractivity contribution < 1.29 is 14.3 Å². The fourth-order valence-corrected chi connectivity index (χ4v) is 4.52. The zero-order valence-electron chi connectivity index (χ0n) is 19.0. The van der Waals surface area contributed by atoms with E-state index in [1.165, 1.54) is 38.3 Å². The number of rotatable bonds is 6. The second-order valence-corrected chi connectivity index (χ2v) is 8.85. The summed E-state index contributed by atoms with van der Waals surface area (Å²) in [6.45, 7) is 2.60. The van der Waals surface area contributed by atoms with Crippen LogP contribution >= 0.6 is 0 Å². The number of carbonyl (C=O) groups excluding carboxylic acids is 2. The number of amides is 3. The number of urea groups is 1. The molecule has 1 aromatic heterocycles. The van der Waals surface area contributed by atoms with E-state index in [1.54, 1.807) is 21.9 Å². The van der Waals surface area contributed by atoms with E-state index in [0.717, 1.165) is 18.1 Å². The Morgan fingerprint density at radius 3 is 2.52 bits per heavy atom. The van der Waals surface area contributed by atoms with Crippen molar-refractivity contribution in [2.24, 2.45) is 5.92 Å². The number of pyridine rings is 1. The number of aromatic nitrogens is 1. The molecule has 2 aliphatic rings. The smallest absolute Gasteiger partial charge is 0.322 e. The summed E-state index contributed by atoms with van der Waals surface area (Å²) < 4.78 is 5.95. The number of nitrogen functional groups attached to an aromatic ring is 1. The van der Waals surface area contributed by atoms with Crippen molar-refractivity contribution in [1.82, 2.24) is 14.8 Å². The van der Waals surface area contributed by atoms with Gasteiger partial charge in [0, 0.05) is 31.7 Å². The van der Waals surface area contributed by atoms with Gasteiger partial charge in [0.25, 0.3) is 5.91 Å². The van der Waals surface area contributed by atoms with Crippen LogP contribution in [0, 0.1) is 5.92 Å². The average molecular weight is 452 g/mol. The first kappa shape index (κ1) is 22.9. The van der Waals surface area contributed by atoms with Crippen molar-refractivity contribution in [3.63, 3.8) is 0 Å². The molecular weight excluding hydrogens is 418 g/mol. The molecule has 1 aliphatic heterocycles. The summed E-state index contributed by atoms with van der Waals surface area (Å²) in [5.41, 5.74) is 6.79. The lowest BCUT2D eigenvalue weighted by atomic mass is 9.87. The van der Waals surface area contributed by atoms with Crippen LogP contribution in [0.1, 0.15) is 48.9 Å². The van der Waals surface area contributed by atoms with Gasteiger partial charge in [0.15, 0.2) is 0 Å². The molecule has 1 saturated heterocycles. The number of ether oxygens (including phenoxy) is 1. The third-order valence-corrected chi connectivity index (χ3v) is 6.49. The molecule has 2 fully saturated rings. The number of hydrogen-bond acceptors (Lipinski definition) is 5. The molecule has 2 aromatic rings. The highest BCUT2D eigenvalue weighted by molar-refractivity contribution is 5.95. The molecule has 0 radical (unpaired) electrons. The van der Waals surface area contributed by atoms with Gasteiger partial charge in [-0.15, -0.1) is 0 Å². The van der Waals surface area contributed by atoms with Crippen molar-refractivity contribution in [1.29, 1.82) is 0 Å². The molecule has 176 valence electrons. The molecule has 0 bridgehead atoms. The molecule has 1 saturated carbocycles. The van der Waals surface area contributed by atoms with Crippen molar-refractivity contribution in [2.45, 2.75) is 38.5 Å². The van der Waals surface area contributed by atoms with Gasteiger partial charge in [0.1, 0.15) is 11.6 Å². The molecule has 1 aromatic carbocycles. The van der Waals surface area contributed by atoms with Crippen LogP contribution in [0.15, 0.2) is 42.6 Å². The summed E-state index contributed by atoms with van der Waals surface area (Å²) in [6, 6.07) is 10.6. The van der Waals surface area contributed by atoms with E-state index < -0.39 is 0 Å². The Hall–Kier alpha value is -3.29. The first-order valence-electron chi connectivity index (χ1n) is 11.9. The van der Waals surface area contributed by atoms with Crippen LogP contribution in [-0.4, -0.2) is 59.5 Å². The van der Waals surface area contributed by atoms with Crippen molar-refractivity contribution >= 4 is 23.4 Å². The molecule has 0 spiro atoms. The molecule has 2 heterocycles. The Morgan fingerprint density at radius 1 is 1.03 bits per heavy atom. The van der Waals surface area contributed by atoms with E-state index in [0.29, 0.717) is 49.9 Å². The molecule has 8 nitrogen and oxygen atoms in total. The second-order valence-electron chi connectivity index (χ2n) is 8.85. The third kappa shape index (κ3) is 6.37. The Kier molecular flexibility index (Phi) is 7.65. The molecule has 0 atom stereocenters. The van der Waals surface area contributed by atoms with Gasteiger partial charge >= 0.3 is 6.03 Å². The Bertz CT molecular complexity index is 935. The Morgan fingerprint density at radius 2 is 1.79 bits per heavy atom. The molecule has 8 heteroatoms. The lowest BCUT2D eigenvalue weighted by Gasteiger charge is -2.34. The molecule has 4 rings (SSSR count). The van der Waals surface area contributed by atoms with Crippen LogP contribution < -0.4 is 15.8 Å². The lowest BCUT2D eigenvalue weighted by molar-refractivity contribution is 0.0671. The maximum atomic E-state index is 13.0. The van der Waals surface area contributed by atoms with E-state index in [-0.39, 0.29) is 11.9 Å². The van der Waals surface area contributed by atoms with Crippen molar-refractivity contribution in [2.75, 3.05) is 43.8 Å². The summed E-state index contributed by atoms with van der Waals surface area (Å²) in [7, 11) is 0. The SMILES string of the molecule is Nc1ccc(NC(=O)N2CCN(C(=O)c3cccc(OCCC4CCCCC4)c3)CC2)cn1. The maximum Gasteiger partial charge on any atom is 0.322 e. The fourth-order valence-electron chi connectivity index (χ4n) is 4.52. The summed E-state index contributed by atoms with van der Waals surface area (Å²) in [5.74, 6) is 1.88. The topological polar surface area (TPSA) is 101 Å². The van der Waals surface area contributed by atoms with Crippen LogP contribution in [0.25, 0.3) is 0 Å². The highest BCUT2D eigenvalue weighted by Crippen LogP contribution is 2.26. The predicted molar refractivity (Wildman–Crippen MR) is 128 cm³/mol. The Labute approximate surface area is 195 Å². The Balaban J connectivity index is 1.24. The van der Waals surface area contributed by atoms with Crippen LogP contribution in [0.4, 0.5) is 16.3 Å². The van der Waals surface area contributed by atoms with E-state index >= 15 is 0 Å². The minimum Gasteiger partial charge on any atom is -0.494 e. The highest BCUT2D eigenvalue weighted by Gasteiger charge is 2.25. The van der Waals surface area contributed by atoms with Gasteiger partial charge in [0.05, 0.1) is 18.5 Å². The lowest BCUT2D eigenvalue weighted by Crippen LogP contribution is -2.51. The van der Waals surface area contributed by atoms with E-state index in [1.807, 2.05) is 24.3 Å². The molecular formula is C25H33N5O3. The summed E-state index contributed by atoms with van der Waals surface area (Å²) in [5, 5.41) is 2.81. The maximum absolute atomic E-state index is 13.0. The van der Waals surface area contributed by atoms with Crippen LogP contribution in [0.5, 0.6) is 5.75 Å². The minimum atomic E-state index is -0.206. The molecule has 0 unspecified atom stereocenters. The number of nitrogens with zero attached hydrogens (tertiary/aromatic N) is 3. The summed E-state index contributed by atoms with van der Waals surface area (Å²) in [4.78, 5) is 33.0. The standard InChI is InChI=1S/C25H33N5O3/c26-23-10-9-21(18-27-23)28-25(32)30-14-12-29(13-15-30)24(31)20-7-4-8-22(17-20)33-16-11-19-5-2-1-3-6-19/h4,7-10,17-19H,1-3,5-6,11-16H2,(H2,26,27)(H,28,32). The molecule has 1 aliphatic carbocycles. The number of carbonyl (C=O) groups is 2. The van der Waals surface area contributed by atoms with E-state index in [9.17, 15) is 9.59 Å².